The molecule has 4 N–H and O–H groups in total. The lowest BCUT2D eigenvalue weighted by atomic mass is 10.1. The molecule has 0 radical (unpaired) electrons. The van der Waals surface area contributed by atoms with Crippen LogP contribution in [0.15, 0.2) is 118 Å². The summed E-state index contributed by atoms with van der Waals surface area (Å²) in [5.41, 5.74) is 12.5. The molecule has 2 aliphatic carbocycles. The fourth-order valence-electron chi connectivity index (χ4n) is 3.79. The smallest absolute Gasteiger partial charge is 0.212 e. The SMILES string of the molecule is NC1=CCC(OC2(S(=O)(=O)c3ccccc3)C=CC(N)=CC2)(S(=O)(=O)c2ccccc2)C=C1. The minimum absolute atomic E-state index is 0.00521. The molecule has 0 spiro atoms. The monoisotopic (exact) mass is 484 g/mol. The Hall–Kier alpha value is -3.14. The quantitative estimate of drug-likeness (QED) is 0.645. The van der Waals surface area contributed by atoms with E-state index in [1.807, 2.05) is 0 Å². The molecule has 0 saturated heterocycles. The van der Waals surface area contributed by atoms with E-state index < -0.39 is 29.5 Å². The van der Waals surface area contributed by atoms with E-state index in [-0.39, 0.29) is 22.6 Å². The standard InChI is InChI=1S/C24H24N2O5S2/c25-19-11-15-23(16-12-19,32(27,28)21-7-3-1-4-8-21)31-24(17-13-20(26)14-18-24)33(29,30)22-9-5-2-6-10-22/h1-15,17H,16,18,25-26H2. The number of allylic oxidation sites excluding steroid dienone is 2. The van der Waals surface area contributed by atoms with Crippen LogP contribution in [0.3, 0.4) is 0 Å². The first-order valence-corrected chi connectivity index (χ1v) is 13.2. The van der Waals surface area contributed by atoms with Crippen LogP contribution in [0.1, 0.15) is 12.8 Å². The van der Waals surface area contributed by atoms with Crippen molar-refractivity contribution in [2.75, 3.05) is 0 Å². The Morgan fingerprint density at radius 2 is 1.00 bits per heavy atom. The first-order valence-electron chi connectivity index (χ1n) is 10.2. The molecular formula is C24H24N2O5S2. The molecular weight excluding hydrogens is 460 g/mol. The lowest BCUT2D eigenvalue weighted by Gasteiger charge is -2.41. The highest BCUT2D eigenvalue weighted by molar-refractivity contribution is 7.93. The number of ether oxygens (including phenoxy) is 1. The average molecular weight is 485 g/mol. The van der Waals surface area contributed by atoms with Gasteiger partial charge in [0.05, 0.1) is 9.79 Å². The summed E-state index contributed by atoms with van der Waals surface area (Å²) in [7, 11) is -8.40. The molecule has 0 amide bonds. The summed E-state index contributed by atoms with van der Waals surface area (Å²) in [6.45, 7) is 0. The van der Waals surface area contributed by atoms with Crippen LogP contribution >= 0.6 is 0 Å². The Labute approximate surface area is 193 Å². The Kier molecular flexibility index (Phi) is 5.81. The van der Waals surface area contributed by atoms with Crippen molar-refractivity contribution in [3.8, 4) is 0 Å². The molecule has 0 heterocycles. The van der Waals surface area contributed by atoms with Gasteiger partial charge in [0.1, 0.15) is 0 Å². The second-order valence-corrected chi connectivity index (χ2v) is 12.2. The summed E-state index contributed by atoms with van der Waals surface area (Å²) in [6.07, 6.45) is 8.19. The van der Waals surface area contributed by atoms with Crippen LogP contribution in [-0.2, 0) is 24.4 Å². The summed E-state index contributed by atoms with van der Waals surface area (Å²) < 4.78 is 61.7. The number of rotatable bonds is 6. The van der Waals surface area contributed by atoms with E-state index in [9.17, 15) is 16.8 Å². The number of hydrogen-bond acceptors (Lipinski definition) is 7. The van der Waals surface area contributed by atoms with Crippen molar-refractivity contribution in [3.63, 3.8) is 0 Å². The summed E-state index contributed by atoms with van der Waals surface area (Å²) in [6, 6.07) is 15.6. The Morgan fingerprint density at radius 3 is 1.30 bits per heavy atom. The zero-order chi connectivity index (χ0) is 23.7. The van der Waals surface area contributed by atoms with Crippen LogP contribution in [0, 0.1) is 0 Å². The molecule has 0 bridgehead atoms. The van der Waals surface area contributed by atoms with Crippen LogP contribution < -0.4 is 11.5 Å². The minimum atomic E-state index is -4.20. The first-order chi connectivity index (χ1) is 15.6. The van der Waals surface area contributed by atoms with Crippen LogP contribution in [-0.4, -0.2) is 26.7 Å². The van der Waals surface area contributed by atoms with E-state index in [2.05, 4.69) is 0 Å². The topological polar surface area (TPSA) is 130 Å². The van der Waals surface area contributed by atoms with Crippen molar-refractivity contribution in [1.29, 1.82) is 0 Å². The highest BCUT2D eigenvalue weighted by atomic mass is 32.2. The molecule has 7 nitrogen and oxygen atoms in total. The summed E-state index contributed by atoms with van der Waals surface area (Å²) >= 11 is 0. The largest absolute Gasteiger partial charge is 0.399 e. The molecule has 2 aromatic carbocycles. The molecule has 0 aliphatic heterocycles. The van der Waals surface area contributed by atoms with Gasteiger partial charge in [-0.15, -0.1) is 0 Å². The lowest BCUT2D eigenvalue weighted by Crippen LogP contribution is -2.52. The van der Waals surface area contributed by atoms with Crippen molar-refractivity contribution >= 4 is 19.7 Å². The fraction of sp³-hybridized carbons (Fsp3) is 0.167. The highest BCUT2D eigenvalue weighted by Crippen LogP contribution is 2.44. The fourth-order valence-corrected chi connectivity index (χ4v) is 7.29. The van der Waals surface area contributed by atoms with Gasteiger partial charge >= 0.3 is 0 Å². The molecule has 2 atom stereocenters. The van der Waals surface area contributed by atoms with Crippen molar-refractivity contribution in [2.24, 2.45) is 11.5 Å². The second kappa shape index (κ2) is 8.33. The van der Waals surface area contributed by atoms with Gasteiger partial charge in [0, 0.05) is 24.2 Å². The van der Waals surface area contributed by atoms with Gasteiger partial charge in [0.2, 0.25) is 19.7 Å². The maximum absolute atomic E-state index is 13.9. The van der Waals surface area contributed by atoms with E-state index >= 15 is 0 Å². The van der Waals surface area contributed by atoms with Gasteiger partial charge in [-0.05, 0) is 48.6 Å². The van der Waals surface area contributed by atoms with Gasteiger partial charge in [-0.25, -0.2) is 16.8 Å². The van der Waals surface area contributed by atoms with Gasteiger partial charge in [-0.2, -0.15) is 0 Å². The van der Waals surface area contributed by atoms with Gasteiger partial charge in [-0.3, -0.25) is 0 Å². The van der Waals surface area contributed by atoms with E-state index in [1.54, 1.807) is 36.4 Å². The summed E-state index contributed by atoms with van der Waals surface area (Å²) in [5.74, 6) is 0. The first kappa shape index (κ1) is 23.0. The third kappa shape index (κ3) is 3.92. The van der Waals surface area contributed by atoms with Crippen LogP contribution in [0.5, 0.6) is 0 Å². The predicted molar refractivity (Wildman–Crippen MR) is 126 cm³/mol. The molecule has 2 unspecified atom stereocenters. The third-order valence-electron chi connectivity index (χ3n) is 5.67. The number of hydrogen-bond donors (Lipinski definition) is 2. The molecule has 172 valence electrons. The second-order valence-electron chi connectivity index (χ2n) is 7.84. The van der Waals surface area contributed by atoms with Crippen molar-refractivity contribution in [2.45, 2.75) is 32.5 Å². The van der Waals surface area contributed by atoms with Crippen LogP contribution in [0.2, 0.25) is 0 Å². The van der Waals surface area contributed by atoms with Crippen molar-refractivity contribution in [1.82, 2.24) is 0 Å². The van der Waals surface area contributed by atoms with Crippen molar-refractivity contribution < 1.29 is 21.6 Å². The van der Waals surface area contributed by atoms with E-state index in [0.29, 0.717) is 11.4 Å². The van der Waals surface area contributed by atoms with Gasteiger partial charge < -0.3 is 16.2 Å². The summed E-state index contributed by atoms with van der Waals surface area (Å²) in [4.78, 5) is -4.01. The molecule has 9 heteroatoms. The zero-order valence-corrected chi connectivity index (χ0v) is 19.3. The Balaban J connectivity index is 1.91. The summed E-state index contributed by atoms with van der Waals surface area (Å²) in [5, 5.41) is 0. The maximum Gasteiger partial charge on any atom is 0.212 e. The number of nitrogens with two attached hydrogens (primary N) is 2. The lowest BCUT2D eigenvalue weighted by molar-refractivity contribution is -0.0139. The highest BCUT2D eigenvalue weighted by Gasteiger charge is 2.55. The molecule has 0 saturated carbocycles. The van der Waals surface area contributed by atoms with Gasteiger partial charge in [0.25, 0.3) is 0 Å². The number of benzene rings is 2. The number of sulfone groups is 2. The Morgan fingerprint density at radius 1 is 0.636 bits per heavy atom. The van der Waals surface area contributed by atoms with Crippen molar-refractivity contribution in [3.05, 3.63) is 109 Å². The molecule has 2 aromatic rings. The van der Waals surface area contributed by atoms with Gasteiger partial charge in [0.15, 0.2) is 9.87 Å². The van der Waals surface area contributed by atoms with Gasteiger partial charge in [-0.1, -0.05) is 48.6 Å². The van der Waals surface area contributed by atoms with E-state index in [1.165, 1.54) is 60.7 Å². The average Bonchev–Trinajstić information content (AvgIpc) is 2.83. The van der Waals surface area contributed by atoms with E-state index in [4.69, 9.17) is 16.2 Å². The molecule has 2 aliphatic rings. The Bertz CT molecular complexity index is 1270. The van der Waals surface area contributed by atoms with Crippen LogP contribution in [0.25, 0.3) is 0 Å². The molecule has 0 aromatic heterocycles. The molecule has 0 fully saturated rings. The van der Waals surface area contributed by atoms with Crippen LogP contribution in [0.4, 0.5) is 0 Å². The minimum Gasteiger partial charge on any atom is -0.399 e. The third-order valence-corrected chi connectivity index (χ3v) is 10.0. The molecule has 4 rings (SSSR count). The normalized spacial score (nSPS) is 25.3. The zero-order valence-electron chi connectivity index (χ0n) is 17.7. The molecule has 33 heavy (non-hydrogen) atoms. The predicted octanol–water partition coefficient (Wildman–Crippen LogP) is 2.95. The maximum atomic E-state index is 13.9. The van der Waals surface area contributed by atoms with E-state index in [0.717, 1.165) is 0 Å².